The lowest BCUT2D eigenvalue weighted by Gasteiger charge is -2.17. The Morgan fingerprint density at radius 1 is 1.19 bits per heavy atom. The molecule has 0 atom stereocenters. The monoisotopic (exact) mass is 409 g/mol. The molecule has 10 heteroatoms. The van der Waals surface area contributed by atoms with Crippen molar-refractivity contribution in [2.45, 2.75) is 18.0 Å². The molecule has 0 fully saturated rings. The zero-order valence-corrected chi connectivity index (χ0v) is 15.0. The topological polar surface area (TPSA) is 75.6 Å². The van der Waals surface area contributed by atoms with Gasteiger partial charge in [-0.05, 0) is 42.8 Å². The van der Waals surface area contributed by atoms with Crippen LogP contribution in [0, 0.1) is 6.92 Å². The van der Waals surface area contributed by atoms with E-state index in [1.807, 2.05) is 4.72 Å². The number of aliphatic hydroxyl groups excluding tert-OH is 1. The van der Waals surface area contributed by atoms with Gasteiger partial charge in [-0.3, -0.25) is 4.72 Å². The summed E-state index contributed by atoms with van der Waals surface area (Å²) in [5, 5.41) is 8.58. The first-order valence-electron chi connectivity index (χ1n) is 7.28. The molecule has 0 amide bonds. The number of anilines is 1. The number of sulfonamides is 1. The SMILES string of the molecule is Cc1ccc(S(=O)(=O)Nc2ccc(OCCO)cc2C(F)(F)F)c(Cl)c1. The number of ether oxygens (including phenoxy) is 1. The molecule has 0 radical (unpaired) electrons. The highest BCUT2D eigenvalue weighted by molar-refractivity contribution is 7.92. The van der Waals surface area contributed by atoms with E-state index in [0.29, 0.717) is 11.6 Å². The molecule has 0 aliphatic rings. The third-order valence-corrected chi connectivity index (χ3v) is 5.13. The fraction of sp³-hybridized carbons (Fsp3) is 0.250. The van der Waals surface area contributed by atoms with E-state index in [-0.39, 0.29) is 28.9 Å². The second kappa shape index (κ2) is 7.73. The Balaban J connectivity index is 2.44. The van der Waals surface area contributed by atoms with Crippen LogP contribution in [0.25, 0.3) is 0 Å². The van der Waals surface area contributed by atoms with Gasteiger partial charge in [-0.1, -0.05) is 17.7 Å². The zero-order valence-electron chi connectivity index (χ0n) is 13.5. The summed E-state index contributed by atoms with van der Waals surface area (Å²) in [7, 11) is -4.34. The van der Waals surface area contributed by atoms with Gasteiger partial charge in [0.05, 0.1) is 22.9 Å². The number of benzene rings is 2. The first-order valence-corrected chi connectivity index (χ1v) is 9.14. The molecule has 2 N–H and O–H groups in total. The van der Waals surface area contributed by atoms with Crippen molar-refractivity contribution in [2.75, 3.05) is 17.9 Å². The van der Waals surface area contributed by atoms with Crippen molar-refractivity contribution in [1.82, 2.24) is 0 Å². The van der Waals surface area contributed by atoms with E-state index < -0.39 is 27.5 Å². The summed E-state index contributed by atoms with van der Waals surface area (Å²) in [6.45, 7) is 1.13. The standard InChI is InChI=1S/C16H15ClF3NO4S/c1-10-2-5-15(13(17)8-10)26(23,24)21-14-4-3-11(25-7-6-22)9-12(14)16(18,19)20/h2-5,8-9,21-22H,6-7H2,1H3. The van der Waals surface area contributed by atoms with Crippen LogP contribution in [0.1, 0.15) is 11.1 Å². The van der Waals surface area contributed by atoms with Crippen LogP contribution >= 0.6 is 11.6 Å². The van der Waals surface area contributed by atoms with Gasteiger partial charge in [-0.2, -0.15) is 13.2 Å². The molecule has 0 aliphatic carbocycles. The molecule has 0 saturated carbocycles. The van der Waals surface area contributed by atoms with Crippen LogP contribution in [0.15, 0.2) is 41.3 Å². The van der Waals surface area contributed by atoms with Crippen LogP contribution in [-0.4, -0.2) is 26.7 Å². The maximum atomic E-state index is 13.3. The summed E-state index contributed by atoms with van der Waals surface area (Å²) in [6.07, 6.45) is -4.83. The number of halogens is 4. The molecule has 0 spiro atoms. The van der Waals surface area contributed by atoms with Crippen molar-refractivity contribution in [3.05, 3.63) is 52.5 Å². The van der Waals surface area contributed by atoms with Gasteiger partial charge in [0, 0.05) is 0 Å². The predicted octanol–water partition coefficient (Wildman–Crippen LogP) is 3.84. The lowest BCUT2D eigenvalue weighted by atomic mass is 10.1. The summed E-state index contributed by atoms with van der Waals surface area (Å²) in [4.78, 5) is -0.335. The summed E-state index contributed by atoms with van der Waals surface area (Å²) in [6, 6.07) is 6.86. The first kappa shape index (κ1) is 20.3. The Bertz CT molecular complexity index is 901. The largest absolute Gasteiger partial charge is 0.491 e. The van der Waals surface area contributed by atoms with Gasteiger partial charge < -0.3 is 9.84 Å². The number of aryl methyl sites for hydroxylation is 1. The molecule has 0 heterocycles. The fourth-order valence-corrected chi connectivity index (χ4v) is 3.80. The Morgan fingerprint density at radius 3 is 2.46 bits per heavy atom. The highest BCUT2D eigenvalue weighted by atomic mass is 35.5. The van der Waals surface area contributed by atoms with Crippen molar-refractivity contribution in [3.8, 4) is 5.75 Å². The van der Waals surface area contributed by atoms with Crippen LogP contribution in [-0.2, 0) is 16.2 Å². The predicted molar refractivity (Wildman–Crippen MR) is 91.0 cm³/mol. The molecular formula is C16H15ClF3NO4S. The van der Waals surface area contributed by atoms with Crippen molar-refractivity contribution in [3.63, 3.8) is 0 Å². The van der Waals surface area contributed by atoms with Gasteiger partial charge in [0.25, 0.3) is 10.0 Å². The highest BCUT2D eigenvalue weighted by Gasteiger charge is 2.35. The number of hydrogen-bond donors (Lipinski definition) is 2. The molecule has 0 saturated heterocycles. The van der Waals surface area contributed by atoms with E-state index in [9.17, 15) is 21.6 Å². The molecule has 26 heavy (non-hydrogen) atoms. The first-order chi connectivity index (χ1) is 12.0. The molecule has 2 rings (SSSR count). The minimum atomic E-state index is -4.83. The molecule has 142 valence electrons. The van der Waals surface area contributed by atoms with Crippen LogP contribution in [0.2, 0.25) is 5.02 Å². The van der Waals surface area contributed by atoms with E-state index in [4.69, 9.17) is 21.4 Å². The minimum Gasteiger partial charge on any atom is -0.491 e. The van der Waals surface area contributed by atoms with Crippen molar-refractivity contribution < 1.29 is 31.4 Å². The van der Waals surface area contributed by atoms with Crippen molar-refractivity contribution in [1.29, 1.82) is 0 Å². The van der Waals surface area contributed by atoms with Crippen LogP contribution in [0.4, 0.5) is 18.9 Å². The molecule has 0 bridgehead atoms. The average Bonchev–Trinajstić information content (AvgIpc) is 2.52. The van der Waals surface area contributed by atoms with Crippen LogP contribution < -0.4 is 9.46 Å². The van der Waals surface area contributed by atoms with Gasteiger partial charge in [-0.25, -0.2) is 8.42 Å². The van der Waals surface area contributed by atoms with Crippen molar-refractivity contribution >= 4 is 27.3 Å². The minimum absolute atomic E-state index is 0.103. The molecule has 0 aliphatic heterocycles. The summed E-state index contributed by atoms with van der Waals surface area (Å²) >= 11 is 5.91. The Labute approximate surface area is 153 Å². The second-order valence-corrected chi connectivity index (χ2v) is 7.37. The zero-order chi connectivity index (χ0) is 19.5. The Morgan fingerprint density at radius 2 is 1.88 bits per heavy atom. The number of hydrogen-bond acceptors (Lipinski definition) is 4. The lowest BCUT2D eigenvalue weighted by molar-refractivity contribution is -0.137. The summed E-state index contributed by atoms with van der Waals surface area (Å²) in [5.74, 6) is -0.150. The normalized spacial score (nSPS) is 12.1. The second-order valence-electron chi connectivity index (χ2n) is 5.32. The van der Waals surface area contributed by atoms with E-state index in [0.717, 1.165) is 6.07 Å². The van der Waals surface area contributed by atoms with E-state index >= 15 is 0 Å². The molecule has 2 aromatic rings. The van der Waals surface area contributed by atoms with Crippen LogP contribution in [0.5, 0.6) is 5.75 Å². The van der Waals surface area contributed by atoms with E-state index in [1.165, 1.54) is 24.3 Å². The highest BCUT2D eigenvalue weighted by Crippen LogP contribution is 2.38. The number of rotatable bonds is 6. The van der Waals surface area contributed by atoms with Gasteiger partial charge in [0.2, 0.25) is 0 Å². The summed E-state index contributed by atoms with van der Waals surface area (Å²) in [5.41, 5.74) is -1.18. The van der Waals surface area contributed by atoms with E-state index in [2.05, 4.69) is 0 Å². The molecule has 0 aromatic heterocycles. The lowest BCUT2D eigenvalue weighted by Crippen LogP contribution is -2.18. The van der Waals surface area contributed by atoms with Gasteiger partial charge in [-0.15, -0.1) is 0 Å². The average molecular weight is 410 g/mol. The molecule has 0 unspecified atom stereocenters. The maximum Gasteiger partial charge on any atom is 0.418 e. The third-order valence-electron chi connectivity index (χ3n) is 3.28. The van der Waals surface area contributed by atoms with Crippen LogP contribution in [0.3, 0.4) is 0 Å². The number of aliphatic hydroxyl groups is 1. The fourth-order valence-electron chi connectivity index (χ4n) is 2.12. The summed E-state index contributed by atoms with van der Waals surface area (Å²) < 4.78 is 71.6. The molecule has 2 aromatic carbocycles. The van der Waals surface area contributed by atoms with E-state index in [1.54, 1.807) is 6.92 Å². The molecule has 5 nitrogen and oxygen atoms in total. The molecular weight excluding hydrogens is 395 g/mol. The number of nitrogens with one attached hydrogen (secondary N) is 1. The van der Waals surface area contributed by atoms with Gasteiger partial charge >= 0.3 is 6.18 Å². The smallest absolute Gasteiger partial charge is 0.418 e. The number of alkyl halides is 3. The van der Waals surface area contributed by atoms with Crippen molar-refractivity contribution in [2.24, 2.45) is 0 Å². The van der Waals surface area contributed by atoms with Gasteiger partial charge in [0.1, 0.15) is 17.3 Å². The Hall–Kier alpha value is -1.97. The quantitative estimate of drug-likeness (QED) is 0.760. The van der Waals surface area contributed by atoms with Gasteiger partial charge in [0.15, 0.2) is 0 Å². The maximum absolute atomic E-state index is 13.3. The third kappa shape index (κ3) is 4.80. The Kier molecular flexibility index (Phi) is 6.05.